The number of carbonyl (C=O) groups excluding carboxylic acids is 2. The smallest absolute Gasteiger partial charge is 0.408 e. The molecule has 2 aromatic carbocycles. The third-order valence-corrected chi connectivity index (χ3v) is 3.71. The van der Waals surface area contributed by atoms with E-state index in [0.717, 1.165) is 11.1 Å². The first-order valence-electron chi connectivity index (χ1n) is 8.47. The molecule has 0 unspecified atom stereocenters. The maximum atomic E-state index is 12.4. The maximum Gasteiger partial charge on any atom is 0.408 e. The Balaban J connectivity index is 1.93. The lowest BCUT2D eigenvalue weighted by Crippen LogP contribution is -2.48. The summed E-state index contributed by atoms with van der Waals surface area (Å²) in [6, 6.07) is 18.2. The van der Waals surface area contributed by atoms with Crippen LogP contribution in [0.5, 0.6) is 0 Å². The molecule has 2 N–H and O–H groups in total. The average Bonchev–Trinajstić information content (AvgIpc) is 2.67. The largest absolute Gasteiger partial charge is 0.445 e. The summed E-state index contributed by atoms with van der Waals surface area (Å²) in [5.74, 6) is -0.275. The first-order valence-corrected chi connectivity index (χ1v) is 8.47. The fourth-order valence-corrected chi connectivity index (χ4v) is 2.37. The molecule has 2 aromatic rings. The molecule has 138 valence electrons. The van der Waals surface area contributed by atoms with Crippen LogP contribution in [0.1, 0.15) is 11.1 Å². The normalized spacial score (nSPS) is 11.4. The Hall–Kier alpha value is -2.86. The fraction of sp³-hybridized carbons (Fsp3) is 0.300. The van der Waals surface area contributed by atoms with Gasteiger partial charge in [0.25, 0.3) is 0 Å². The Labute approximate surface area is 153 Å². The molecular formula is C20H24N2O4. The lowest BCUT2D eigenvalue weighted by molar-refractivity contribution is -0.123. The van der Waals surface area contributed by atoms with Crippen molar-refractivity contribution in [2.24, 2.45) is 0 Å². The molecule has 0 aliphatic rings. The number of nitrogens with one attached hydrogen (secondary N) is 2. The van der Waals surface area contributed by atoms with Gasteiger partial charge in [0.05, 0.1) is 6.61 Å². The van der Waals surface area contributed by atoms with Crippen molar-refractivity contribution in [2.45, 2.75) is 19.1 Å². The number of methoxy groups -OCH3 is 1. The highest BCUT2D eigenvalue weighted by Crippen LogP contribution is 2.05. The summed E-state index contributed by atoms with van der Waals surface area (Å²) in [5.41, 5.74) is 1.83. The number of hydrogen-bond donors (Lipinski definition) is 2. The molecule has 0 bridgehead atoms. The van der Waals surface area contributed by atoms with Gasteiger partial charge in [-0.1, -0.05) is 60.7 Å². The monoisotopic (exact) mass is 356 g/mol. The van der Waals surface area contributed by atoms with Gasteiger partial charge < -0.3 is 20.1 Å². The van der Waals surface area contributed by atoms with E-state index in [0.29, 0.717) is 19.6 Å². The van der Waals surface area contributed by atoms with Crippen LogP contribution in [-0.4, -0.2) is 38.3 Å². The molecule has 2 rings (SSSR count). The number of rotatable bonds is 9. The molecule has 1 atom stereocenters. The van der Waals surface area contributed by atoms with E-state index < -0.39 is 12.1 Å². The molecule has 0 spiro atoms. The standard InChI is InChI=1S/C20H24N2O4/c1-25-13-12-21-19(23)18(14-16-8-4-2-5-9-16)22-20(24)26-15-17-10-6-3-7-11-17/h2-11,18H,12-15H2,1H3,(H,21,23)(H,22,24)/t18-/m0/s1. The molecule has 0 fully saturated rings. The molecule has 0 radical (unpaired) electrons. The van der Waals surface area contributed by atoms with Crippen molar-refractivity contribution in [3.63, 3.8) is 0 Å². The predicted molar refractivity (Wildman–Crippen MR) is 98.6 cm³/mol. The van der Waals surface area contributed by atoms with Gasteiger partial charge in [0.15, 0.2) is 0 Å². The molecule has 0 saturated carbocycles. The van der Waals surface area contributed by atoms with Crippen LogP contribution in [0.3, 0.4) is 0 Å². The van der Waals surface area contributed by atoms with Crippen molar-refractivity contribution < 1.29 is 19.1 Å². The van der Waals surface area contributed by atoms with Crippen molar-refractivity contribution in [3.8, 4) is 0 Å². The van der Waals surface area contributed by atoms with E-state index >= 15 is 0 Å². The Morgan fingerprint density at radius 1 is 0.962 bits per heavy atom. The van der Waals surface area contributed by atoms with Crippen molar-refractivity contribution in [1.29, 1.82) is 0 Å². The molecule has 0 aromatic heterocycles. The van der Waals surface area contributed by atoms with Crippen molar-refractivity contribution in [1.82, 2.24) is 10.6 Å². The zero-order chi connectivity index (χ0) is 18.6. The maximum absolute atomic E-state index is 12.4. The fourth-order valence-electron chi connectivity index (χ4n) is 2.37. The van der Waals surface area contributed by atoms with Gasteiger partial charge in [0.1, 0.15) is 12.6 Å². The van der Waals surface area contributed by atoms with E-state index in [1.165, 1.54) is 0 Å². The zero-order valence-corrected chi connectivity index (χ0v) is 14.8. The van der Waals surface area contributed by atoms with E-state index in [9.17, 15) is 9.59 Å². The molecule has 6 nitrogen and oxygen atoms in total. The van der Waals surface area contributed by atoms with E-state index in [2.05, 4.69) is 10.6 Å². The third kappa shape index (κ3) is 6.94. The Kier molecular flexibility index (Phi) is 8.15. The van der Waals surface area contributed by atoms with Gasteiger partial charge in [-0.2, -0.15) is 0 Å². The van der Waals surface area contributed by atoms with Gasteiger partial charge in [-0.15, -0.1) is 0 Å². The van der Waals surface area contributed by atoms with Crippen LogP contribution in [-0.2, 0) is 27.3 Å². The first-order chi connectivity index (χ1) is 12.7. The molecule has 26 heavy (non-hydrogen) atoms. The molecule has 2 amide bonds. The predicted octanol–water partition coefficient (Wildman–Crippen LogP) is 2.29. The minimum Gasteiger partial charge on any atom is -0.445 e. The van der Waals surface area contributed by atoms with Crippen LogP contribution in [0.2, 0.25) is 0 Å². The third-order valence-electron chi connectivity index (χ3n) is 3.71. The van der Waals surface area contributed by atoms with Crippen LogP contribution in [0.15, 0.2) is 60.7 Å². The van der Waals surface area contributed by atoms with Crippen LogP contribution in [0.4, 0.5) is 4.79 Å². The number of amides is 2. The lowest BCUT2D eigenvalue weighted by atomic mass is 10.1. The SMILES string of the molecule is COCCNC(=O)[C@H](Cc1ccccc1)NC(=O)OCc1ccccc1. The van der Waals surface area contributed by atoms with Gasteiger partial charge in [0, 0.05) is 20.1 Å². The summed E-state index contributed by atoms with van der Waals surface area (Å²) < 4.78 is 10.1. The number of ether oxygens (including phenoxy) is 2. The Morgan fingerprint density at radius 2 is 1.58 bits per heavy atom. The second kappa shape index (κ2) is 10.9. The number of alkyl carbamates (subject to hydrolysis) is 1. The van der Waals surface area contributed by atoms with Crippen LogP contribution < -0.4 is 10.6 Å². The van der Waals surface area contributed by atoms with E-state index in [1.807, 2.05) is 60.7 Å². The minimum atomic E-state index is -0.725. The topological polar surface area (TPSA) is 76.7 Å². The van der Waals surface area contributed by atoms with Crippen molar-refractivity contribution in [2.75, 3.05) is 20.3 Å². The summed E-state index contributed by atoms with van der Waals surface area (Å²) >= 11 is 0. The van der Waals surface area contributed by atoms with Crippen LogP contribution in [0.25, 0.3) is 0 Å². The zero-order valence-electron chi connectivity index (χ0n) is 14.8. The molecule has 6 heteroatoms. The van der Waals surface area contributed by atoms with E-state index in [1.54, 1.807) is 7.11 Å². The van der Waals surface area contributed by atoms with Gasteiger partial charge in [-0.25, -0.2) is 4.79 Å². The summed E-state index contributed by atoms with van der Waals surface area (Å²) in [4.78, 5) is 24.5. The Morgan fingerprint density at radius 3 is 2.19 bits per heavy atom. The number of carbonyl (C=O) groups is 2. The molecule has 0 aliphatic heterocycles. The summed E-state index contributed by atoms with van der Waals surface area (Å²) in [6.45, 7) is 0.930. The highest BCUT2D eigenvalue weighted by molar-refractivity contribution is 5.85. The van der Waals surface area contributed by atoms with Crippen LogP contribution in [0, 0.1) is 0 Å². The first kappa shape index (κ1) is 19.5. The lowest BCUT2D eigenvalue weighted by Gasteiger charge is -2.18. The van der Waals surface area contributed by atoms with Crippen molar-refractivity contribution >= 4 is 12.0 Å². The van der Waals surface area contributed by atoms with Gasteiger partial charge in [-0.05, 0) is 11.1 Å². The number of benzene rings is 2. The summed E-state index contributed by atoms with van der Waals surface area (Å²) in [7, 11) is 1.56. The molecule has 0 heterocycles. The average molecular weight is 356 g/mol. The van der Waals surface area contributed by atoms with Crippen molar-refractivity contribution in [3.05, 3.63) is 71.8 Å². The molecule has 0 aliphatic carbocycles. The summed E-state index contributed by atoms with van der Waals surface area (Å²) in [5, 5.41) is 5.40. The second-order valence-electron chi connectivity index (χ2n) is 5.73. The Bertz CT molecular complexity index is 677. The number of hydrogen-bond acceptors (Lipinski definition) is 4. The van der Waals surface area contributed by atoms with Gasteiger partial charge in [0.2, 0.25) is 5.91 Å². The van der Waals surface area contributed by atoms with Gasteiger partial charge in [-0.3, -0.25) is 4.79 Å². The van der Waals surface area contributed by atoms with Crippen LogP contribution >= 0.6 is 0 Å². The highest BCUT2D eigenvalue weighted by atomic mass is 16.5. The summed E-state index contributed by atoms with van der Waals surface area (Å²) in [6.07, 6.45) is -0.253. The minimum absolute atomic E-state index is 0.149. The second-order valence-corrected chi connectivity index (χ2v) is 5.73. The highest BCUT2D eigenvalue weighted by Gasteiger charge is 2.21. The van der Waals surface area contributed by atoms with E-state index in [4.69, 9.17) is 9.47 Å². The van der Waals surface area contributed by atoms with E-state index in [-0.39, 0.29) is 12.5 Å². The molecular weight excluding hydrogens is 332 g/mol. The van der Waals surface area contributed by atoms with Gasteiger partial charge >= 0.3 is 6.09 Å². The quantitative estimate of drug-likeness (QED) is 0.676. The molecule has 0 saturated heterocycles.